The first-order chi connectivity index (χ1) is 10.3. The topological polar surface area (TPSA) is 44.5 Å². The van der Waals surface area contributed by atoms with Crippen LogP contribution in [0, 0.1) is 5.92 Å². The average molecular weight is 289 g/mol. The summed E-state index contributed by atoms with van der Waals surface area (Å²) in [5.74, 6) is 2.47. The number of benzene rings is 1. The number of methoxy groups -OCH3 is 1. The number of nitrogens with two attached hydrogens (primary N) is 1. The molecule has 0 spiro atoms. The second-order valence-electron chi connectivity index (χ2n) is 6.67. The monoisotopic (exact) mass is 289 g/mol. The zero-order valence-electron chi connectivity index (χ0n) is 13.1. The van der Waals surface area contributed by atoms with Crippen molar-refractivity contribution in [2.75, 3.05) is 20.3 Å². The summed E-state index contributed by atoms with van der Waals surface area (Å²) in [5.41, 5.74) is 7.62. The SMILES string of the molecule is COc1ccc(C2(CN)CCCCC2)cc1OCC1CC1. The molecule has 0 aliphatic heterocycles. The molecule has 0 bridgehead atoms. The summed E-state index contributed by atoms with van der Waals surface area (Å²) in [6.07, 6.45) is 8.88. The van der Waals surface area contributed by atoms with Crippen LogP contribution in [0.25, 0.3) is 0 Å². The van der Waals surface area contributed by atoms with E-state index < -0.39 is 0 Å². The van der Waals surface area contributed by atoms with Crippen molar-refractivity contribution >= 4 is 0 Å². The van der Waals surface area contributed by atoms with Crippen LogP contribution in [0.15, 0.2) is 18.2 Å². The normalized spacial score (nSPS) is 21.0. The van der Waals surface area contributed by atoms with Gasteiger partial charge in [0, 0.05) is 12.0 Å². The Morgan fingerprint density at radius 1 is 1.14 bits per heavy atom. The van der Waals surface area contributed by atoms with Gasteiger partial charge in [-0.05, 0) is 49.3 Å². The van der Waals surface area contributed by atoms with Gasteiger partial charge in [-0.2, -0.15) is 0 Å². The molecule has 116 valence electrons. The molecule has 0 unspecified atom stereocenters. The van der Waals surface area contributed by atoms with Gasteiger partial charge >= 0.3 is 0 Å². The molecule has 3 rings (SSSR count). The highest BCUT2D eigenvalue weighted by Gasteiger charge is 2.33. The maximum Gasteiger partial charge on any atom is 0.161 e. The third-order valence-electron chi connectivity index (χ3n) is 5.15. The van der Waals surface area contributed by atoms with Gasteiger partial charge in [-0.15, -0.1) is 0 Å². The Bertz CT molecular complexity index is 476. The smallest absolute Gasteiger partial charge is 0.161 e. The molecular formula is C18H27NO2. The summed E-state index contributed by atoms with van der Waals surface area (Å²) in [7, 11) is 1.71. The van der Waals surface area contributed by atoms with Crippen molar-refractivity contribution < 1.29 is 9.47 Å². The van der Waals surface area contributed by atoms with Gasteiger partial charge in [0.05, 0.1) is 13.7 Å². The first-order valence-electron chi connectivity index (χ1n) is 8.29. The molecular weight excluding hydrogens is 262 g/mol. The highest BCUT2D eigenvalue weighted by atomic mass is 16.5. The second kappa shape index (κ2) is 6.27. The van der Waals surface area contributed by atoms with E-state index in [4.69, 9.17) is 15.2 Å². The zero-order valence-corrected chi connectivity index (χ0v) is 13.1. The molecule has 0 amide bonds. The van der Waals surface area contributed by atoms with Gasteiger partial charge in [0.1, 0.15) is 0 Å². The van der Waals surface area contributed by atoms with E-state index in [2.05, 4.69) is 12.1 Å². The molecule has 2 aliphatic rings. The molecule has 2 fully saturated rings. The van der Waals surface area contributed by atoms with E-state index in [-0.39, 0.29) is 5.41 Å². The predicted molar refractivity (Wildman–Crippen MR) is 85.0 cm³/mol. The van der Waals surface area contributed by atoms with E-state index in [1.54, 1.807) is 7.11 Å². The van der Waals surface area contributed by atoms with Crippen molar-refractivity contribution in [2.24, 2.45) is 11.7 Å². The second-order valence-corrected chi connectivity index (χ2v) is 6.67. The van der Waals surface area contributed by atoms with E-state index in [9.17, 15) is 0 Å². The lowest BCUT2D eigenvalue weighted by Crippen LogP contribution is -2.37. The van der Waals surface area contributed by atoms with Gasteiger partial charge in [0.15, 0.2) is 11.5 Å². The van der Waals surface area contributed by atoms with Crippen LogP contribution in [0.5, 0.6) is 11.5 Å². The lowest BCUT2D eigenvalue weighted by Gasteiger charge is -2.37. The number of hydrogen-bond donors (Lipinski definition) is 1. The Morgan fingerprint density at radius 3 is 2.52 bits per heavy atom. The quantitative estimate of drug-likeness (QED) is 0.869. The summed E-state index contributed by atoms with van der Waals surface area (Å²) in [6.45, 7) is 1.54. The van der Waals surface area contributed by atoms with Crippen molar-refractivity contribution in [2.45, 2.75) is 50.4 Å². The molecule has 2 saturated carbocycles. The summed E-state index contributed by atoms with van der Waals surface area (Å²) in [6, 6.07) is 6.41. The highest BCUT2D eigenvalue weighted by Crippen LogP contribution is 2.42. The van der Waals surface area contributed by atoms with E-state index in [0.717, 1.165) is 30.6 Å². The van der Waals surface area contributed by atoms with Crippen molar-refractivity contribution in [3.8, 4) is 11.5 Å². The summed E-state index contributed by atoms with van der Waals surface area (Å²) in [4.78, 5) is 0. The van der Waals surface area contributed by atoms with Crippen LogP contribution in [0.3, 0.4) is 0 Å². The van der Waals surface area contributed by atoms with Gasteiger partial charge in [-0.1, -0.05) is 25.3 Å². The lowest BCUT2D eigenvalue weighted by molar-refractivity contribution is 0.274. The Labute approximate surface area is 127 Å². The van der Waals surface area contributed by atoms with E-state index in [1.165, 1.54) is 50.5 Å². The highest BCUT2D eigenvalue weighted by molar-refractivity contribution is 5.45. The van der Waals surface area contributed by atoms with Crippen molar-refractivity contribution in [3.05, 3.63) is 23.8 Å². The number of hydrogen-bond acceptors (Lipinski definition) is 3. The third-order valence-corrected chi connectivity index (χ3v) is 5.15. The minimum atomic E-state index is 0.141. The molecule has 0 radical (unpaired) electrons. The Morgan fingerprint density at radius 2 is 1.90 bits per heavy atom. The Kier molecular flexibility index (Phi) is 4.39. The molecule has 0 atom stereocenters. The first kappa shape index (κ1) is 14.7. The zero-order chi connectivity index (χ0) is 14.7. The number of rotatable bonds is 6. The third kappa shape index (κ3) is 3.18. The fourth-order valence-electron chi connectivity index (χ4n) is 3.45. The lowest BCUT2D eigenvalue weighted by atomic mass is 9.69. The molecule has 0 saturated heterocycles. The molecule has 0 aromatic heterocycles. The largest absolute Gasteiger partial charge is 0.493 e. The van der Waals surface area contributed by atoms with E-state index in [1.807, 2.05) is 6.07 Å². The van der Waals surface area contributed by atoms with Gasteiger partial charge in [0.2, 0.25) is 0 Å². The van der Waals surface area contributed by atoms with Crippen molar-refractivity contribution in [3.63, 3.8) is 0 Å². The molecule has 2 N–H and O–H groups in total. The van der Waals surface area contributed by atoms with Gasteiger partial charge in [-0.25, -0.2) is 0 Å². The maximum atomic E-state index is 6.15. The molecule has 21 heavy (non-hydrogen) atoms. The van der Waals surface area contributed by atoms with Crippen LogP contribution in [0.1, 0.15) is 50.5 Å². The van der Waals surface area contributed by atoms with Crippen LogP contribution in [0.2, 0.25) is 0 Å². The van der Waals surface area contributed by atoms with Crippen LogP contribution < -0.4 is 15.2 Å². The van der Waals surface area contributed by atoms with Crippen LogP contribution in [0.4, 0.5) is 0 Å². The molecule has 3 nitrogen and oxygen atoms in total. The van der Waals surface area contributed by atoms with Crippen LogP contribution in [-0.4, -0.2) is 20.3 Å². The van der Waals surface area contributed by atoms with Gasteiger partial charge < -0.3 is 15.2 Å². The average Bonchev–Trinajstić information content (AvgIpc) is 3.37. The van der Waals surface area contributed by atoms with Crippen LogP contribution >= 0.6 is 0 Å². The van der Waals surface area contributed by atoms with Gasteiger partial charge in [-0.3, -0.25) is 0 Å². The van der Waals surface area contributed by atoms with E-state index in [0.29, 0.717) is 0 Å². The summed E-state index contributed by atoms with van der Waals surface area (Å²) < 4.78 is 11.5. The number of ether oxygens (including phenoxy) is 2. The predicted octanol–water partition coefficient (Wildman–Crippen LogP) is 3.64. The first-order valence-corrected chi connectivity index (χ1v) is 8.29. The van der Waals surface area contributed by atoms with E-state index >= 15 is 0 Å². The van der Waals surface area contributed by atoms with Crippen molar-refractivity contribution in [1.29, 1.82) is 0 Å². The molecule has 0 heterocycles. The fourth-order valence-corrected chi connectivity index (χ4v) is 3.45. The fraction of sp³-hybridized carbons (Fsp3) is 0.667. The van der Waals surface area contributed by atoms with Crippen molar-refractivity contribution in [1.82, 2.24) is 0 Å². The summed E-state index contributed by atoms with van der Waals surface area (Å²) in [5, 5.41) is 0. The van der Waals surface area contributed by atoms with Crippen LogP contribution in [-0.2, 0) is 5.41 Å². The standard InChI is InChI=1S/C18H27NO2/c1-20-16-8-7-15(11-17(16)21-12-14-5-6-14)18(13-19)9-3-2-4-10-18/h7-8,11,14H,2-6,9-10,12-13,19H2,1H3. The Balaban J connectivity index is 1.84. The molecule has 1 aromatic rings. The van der Waals surface area contributed by atoms with Gasteiger partial charge in [0.25, 0.3) is 0 Å². The Hall–Kier alpha value is -1.22. The maximum absolute atomic E-state index is 6.15. The molecule has 3 heteroatoms. The minimum Gasteiger partial charge on any atom is -0.493 e. The minimum absolute atomic E-state index is 0.141. The molecule has 1 aromatic carbocycles. The molecule has 2 aliphatic carbocycles. The summed E-state index contributed by atoms with van der Waals surface area (Å²) >= 11 is 0.